The quantitative estimate of drug-likeness (QED) is 0.639. The Bertz CT molecular complexity index is 583. The molecule has 1 aliphatic rings. The Balaban J connectivity index is 2.35. The van der Waals surface area contributed by atoms with Gasteiger partial charge in [0.25, 0.3) is 0 Å². The van der Waals surface area contributed by atoms with Gasteiger partial charge in [0.15, 0.2) is 0 Å². The van der Waals surface area contributed by atoms with Crippen LogP contribution in [-0.2, 0) is 18.4 Å². The van der Waals surface area contributed by atoms with Crippen LogP contribution in [0.15, 0.2) is 24.3 Å². The van der Waals surface area contributed by atoms with Gasteiger partial charge in [-0.25, -0.2) is 0 Å². The molecule has 0 fully saturated rings. The van der Waals surface area contributed by atoms with E-state index in [9.17, 15) is 0 Å². The van der Waals surface area contributed by atoms with E-state index in [1.165, 1.54) is 30.2 Å². The van der Waals surface area contributed by atoms with Gasteiger partial charge in [-0.2, -0.15) is 0 Å². The third-order valence-corrected chi connectivity index (χ3v) is 4.19. The summed E-state index contributed by atoms with van der Waals surface area (Å²) < 4.78 is 2.57. The molecule has 0 aliphatic heterocycles. The Kier molecular flexibility index (Phi) is 2.55. The van der Waals surface area contributed by atoms with Crippen LogP contribution in [0.4, 0.5) is 0 Å². The topological polar surface area (TPSA) is 4.93 Å². The monoisotopic (exact) mass is 241 g/mol. The van der Waals surface area contributed by atoms with E-state index < -0.39 is 0 Å². The van der Waals surface area contributed by atoms with Crippen molar-refractivity contribution in [2.75, 3.05) is 0 Å². The summed E-state index contributed by atoms with van der Waals surface area (Å²) in [6, 6.07) is 8.92. The van der Waals surface area contributed by atoms with Crippen molar-refractivity contribution in [3.63, 3.8) is 0 Å². The third-order valence-electron chi connectivity index (χ3n) is 4.19. The van der Waals surface area contributed by atoms with Crippen molar-refractivity contribution in [3.8, 4) is 0 Å². The highest BCUT2D eigenvalue weighted by molar-refractivity contribution is 5.86. The van der Waals surface area contributed by atoms with Gasteiger partial charge in [0.1, 0.15) is 0 Å². The van der Waals surface area contributed by atoms with E-state index in [0.717, 1.165) is 5.92 Å². The van der Waals surface area contributed by atoms with E-state index in [0.29, 0.717) is 0 Å². The number of benzene rings is 1. The van der Waals surface area contributed by atoms with E-state index in [1.54, 1.807) is 11.3 Å². The fourth-order valence-electron chi connectivity index (χ4n) is 3.45. The van der Waals surface area contributed by atoms with Gasteiger partial charge in [-0.3, -0.25) is 0 Å². The first-order chi connectivity index (χ1) is 8.48. The van der Waals surface area contributed by atoms with Crippen molar-refractivity contribution < 1.29 is 0 Å². The average molecular weight is 241 g/mol. The SMILES string of the molecule is CC1CCc2c(c3ccccc3n2C(C)(C)C)C1. The Morgan fingerprint density at radius 3 is 2.61 bits per heavy atom. The molecular weight excluding hydrogens is 218 g/mol. The molecule has 0 saturated heterocycles. The second-order valence-electron chi connectivity index (χ2n) is 6.80. The zero-order valence-corrected chi connectivity index (χ0v) is 12.0. The Morgan fingerprint density at radius 1 is 1.17 bits per heavy atom. The van der Waals surface area contributed by atoms with Crippen LogP contribution >= 0.6 is 0 Å². The highest BCUT2D eigenvalue weighted by Gasteiger charge is 2.27. The summed E-state index contributed by atoms with van der Waals surface area (Å²) >= 11 is 0. The molecule has 1 heterocycles. The summed E-state index contributed by atoms with van der Waals surface area (Å²) in [6.45, 7) is 9.33. The maximum Gasteiger partial charge on any atom is 0.0490 e. The van der Waals surface area contributed by atoms with Crippen molar-refractivity contribution in [1.82, 2.24) is 4.57 Å². The lowest BCUT2D eigenvalue weighted by Crippen LogP contribution is -2.25. The van der Waals surface area contributed by atoms with Crippen molar-refractivity contribution in [2.45, 2.75) is 52.5 Å². The molecule has 0 spiro atoms. The molecule has 1 unspecified atom stereocenters. The zero-order chi connectivity index (χ0) is 12.9. The number of para-hydroxylation sites is 1. The van der Waals surface area contributed by atoms with E-state index in [2.05, 4.69) is 56.5 Å². The molecule has 18 heavy (non-hydrogen) atoms. The van der Waals surface area contributed by atoms with Gasteiger partial charge in [-0.1, -0.05) is 25.1 Å². The van der Waals surface area contributed by atoms with Gasteiger partial charge >= 0.3 is 0 Å². The van der Waals surface area contributed by atoms with E-state index in [1.807, 2.05) is 0 Å². The van der Waals surface area contributed by atoms with Gasteiger partial charge in [0, 0.05) is 22.1 Å². The molecule has 0 amide bonds. The molecule has 0 bridgehead atoms. The standard InChI is InChI=1S/C17H23N/c1-12-9-10-16-14(11-12)13-7-5-6-8-15(13)18(16)17(2,3)4/h5-8,12H,9-11H2,1-4H3. The van der Waals surface area contributed by atoms with Crippen molar-refractivity contribution >= 4 is 10.9 Å². The summed E-state index contributed by atoms with van der Waals surface area (Å²) in [7, 11) is 0. The maximum absolute atomic E-state index is 2.57. The Labute approximate surface area is 110 Å². The van der Waals surface area contributed by atoms with Gasteiger partial charge < -0.3 is 4.57 Å². The summed E-state index contributed by atoms with van der Waals surface area (Å²) in [5.74, 6) is 0.830. The lowest BCUT2D eigenvalue weighted by Gasteiger charge is -2.29. The van der Waals surface area contributed by atoms with Gasteiger partial charge in [-0.05, 0) is 57.6 Å². The van der Waals surface area contributed by atoms with Gasteiger partial charge in [0.05, 0.1) is 0 Å². The smallest absolute Gasteiger partial charge is 0.0490 e. The molecular formula is C17H23N. The highest BCUT2D eigenvalue weighted by Crippen LogP contribution is 2.37. The molecule has 1 aliphatic carbocycles. The number of nitrogens with zero attached hydrogens (tertiary/aromatic N) is 1. The molecule has 1 aromatic heterocycles. The molecule has 1 heteroatoms. The van der Waals surface area contributed by atoms with E-state index in [4.69, 9.17) is 0 Å². The van der Waals surface area contributed by atoms with Gasteiger partial charge in [-0.15, -0.1) is 0 Å². The van der Waals surface area contributed by atoms with Crippen LogP contribution in [-0.4, -0.2) is 4.57 Å². The summed E-state index contributed by atoms with van der Waals surface area (Å²) in [4.78, 5) is 0. The molecule has 1 nitrogen and oxygen atoms in total. The summed E-state index contributed by atoms with van der Waals surface area (Å²) in [5, 5.41) is 1.48. The van der Waals surface area contributed by atoms with Crippen LogP contribution in [0.25, 0.3) is 10.9 Å². The largest absolute Gasteiger partial charge is 0.339 e. The number of fused-ring (bicyclic) bond motifs is 3. The molecule has 2 aromatic rings. The zero-order valence-electron chi connectivity index (χ0n) is 12.0. The Morgan fingerprint density at radius 2 is 1.89 bits per heavy atom. The van der Waals surface area contributed by atoms with E-state index >= 15 is 0 Å². The number of rotatable bonds is 0. The maximum atomic E-state index is 2.57. The lowest BCUT2D eigenvalue weighted by molar-refractivity contribution is 0.381. The average Bonchev–Trinajstić information content (AvgIpc) is 2.62. The number of hydrogen-bond donors (Lipinski definition) is 0. The molecule has 0 radical (unpaired) electrons. The first-order valence-electron chi connectivity index (χ1n) is 7.10. The fraction of sp³-hybridized carbons (Fsp3) is 0.529. The first-order valence-corrected chi connectivity index (χ1v) is 7.10. The van der Waals surface area contributed by atoms with Crippen LogP contribution in [0.1, 0.15) is 45.4 Å². The van der Waals surface area contributed by atoms with Crippen molar-refractivity contribution in [3.05, 3.63) is 35.5 Å². The number of hydrogen-bond acceptors (Lipinski definition) is 0. The van der Waals surface area contributed by atoms with Crippen LogP contribution in [0.3, 0.4) is 0 Å². The van der Waals surface area contributed by atoms with E-state index in [-0.39, 0.29) is 5.54 Å². The molecule has 0 saturated carbocycles. The van der Waals surface area contributed by atoms with Gasteiger partial charge in [0.2, 0.25) is 0 Å². The molecule has 1 aromatic carbocycles. The van der Waals surface area contributed by atoms with Crippen LogP contribution in [0, 0.1) is 5.92 Å². The molecule has 0 N–H and O–H groups in total. The predicted octanol–water partition coefficient (Wildman–Crippen LogP) is 4.52. The second-order valence-corrected chi connectivity index (χ2v) is 6.80. The minimum Gasteiger partial charge on any atom is -0.339 e. The highest BCUT2D eigenvalue weighted by atomic mass is 15.1. The van der Waals surface area contributed by atoms with Crippen LogP contribution in [0.5, 0.6) is 0 Å². The Hall–Kier alpha value is -1.24. The summed E-state index contributed by atoms with van der Waals surface area (Å²) in [6.07, 6.45) is 3.82. The summed E-state index contributed by atoms with van der Waals surface area (Å²) in [5.41, 5.74) is 4.79. The van der Waals surface area contributed by atoms with Crippen molar-refractivity contribution in [1.29, 1.82) is 0 Å². The third kappa shape index (κ3) is 1.68. The fourth-order valence-corrected chi connectivity index (χ4v) is 3.45. The molecule has 1 atom stereocenters. The number of aromatic nitrogens is 1. The second kappa shape index (κ2) is 3.88. The molecule has 96 valence electrons. The van der Waals surface area contributed by atoms with Crippen molar-refractivity contribution in [2.24, 2.45) is 5.92 Å². The normalized spacial score (nSPS) is 20.1. The predicted molar refractivity (Wildman–Crippen MR) is 78.1 cm³/mol. The first kappa shape index (κ1) is 11.8. The van der Waals surface area contributed by atoms with Crippen LogP contribution < -0.4 is 0 Å². The minimum atomic E-state index is 0.174. The minimum absolute atomic E-state index is 0.174. The lowest BCUT2D eigenvalue weighted by atomic mass is 9.87. The molecule has 3 rings (SSSR count). The van der Waals surface area contributed by atoms with Crippen LogP contribution in [0.2, 0.25) is 0 Å².